The molecule has 0 aliphatic heterocycles. The zero-order chi connectivity index (χ0) is 10.1. The van der Waals surface area contributed by atoms with E-state index in [9.17, 15) is 0 Å². The van der Waals surface area contributed by atoms with Crippen LogP contribution in [-0.4, -0.2) is 17.1 Å². The highest BCUT2D eigenvalue weighted by Crippen LogP contribution is 2.29. The summed E-state index contributed by atoms with van der Waals surface area (Å²) < 4.78 is 4.99. The summed E-state index contributed by atoms with van der Waals surface area (Å²) in [6, 6.07) is 0.378. The van der Waals surface area contributed by atoms with Crippen LogP contribution in [0.15, 0.2) is 0 Å². The fraction of sp³-hybridized carbons (Fsp3) is 0.600. The van der Waals surface area contributed by atoms with Crippen LogP contribution < -0.4 is 4.74 Å². The molecule has 1 aliphatic carbocycles. The molecule has 0 bridgehead atoms. The molecule has 0 spiro atoms. The highest BCUT2D eigenvalue weighted by molar-refractivity contribution is 6.30. The maximum atomic E-state index is 6.04. The standard InChI is InChI=1S/C10H13ClN2O/c1-6-3-4-7-8(5-6)12-10(14-2)13-9(7)11/h6H,3-5H2,1-2H3. The quantitative estimate of drug-likeness (QED) is 0.670. The molecule has 4 heteroatoms. The highest BCUT2D eigenvalue weighted by atomic mass is 35.5. The number of methoxy groups -OCH3 is 1. The number of fused-ring (bicyclic) bond motifs is 1. The van der Waals surface area contributed by atoms with Gasteiger partial charge >= 0.3 is 6.01 Å². The Labute approximate surface area is 88.5 Å². The Kier molecular flexibility index (Phi) is 2.59. The van der Waals surface area contributed by atoms with Crippen LogP contribution in [0.3, 0.4) is 0 Å². The van der Waals surface area contributed by atoms with Crippen LogP contribution in [-0.2, 0) is 12.8 Å². The number of rotatable bonds is 1. The predicted molar refractivity (Wildman–Crippen MR) is 54.8 cm³/mol. The smallest absolute Gasteiger partial charge is 0.317 e. The van der Waals surface area contributed by atoms with E-state index in [4.69, 9.17) is 16.3 Å². The highest BCUT2D eigenvalue weighted by Gasteiger charge is 2.20. The topological polar surface area (TPSA) is 35.0 Å². The van der Waals surface area contributed by atoms with Gasteiger partial charge in [0.15, 0.2) is 0 Å². The van der Waals surface area contributed by atoms with Gasteiger partial charge in [-0.25, -0.2) is 0 Å². The number of hydrogen-bond donors (Lipinski definition) is 0. The van der Waals surface area contributed by atoms with Crippen LogP contribution in [0.25, 0.3) is 0 Å². The van der Waals surface area contributed by atoms with E-state index in [1.165, 1.54) is 6.42 Å². The minimum Gasteiger partial charge on any atom is -0.467 e. The van der Waals surface area contributed by atoms with Gasteiger partial charge in [0.25, 0.3) is 0 Å². The van der Waals surface area contributed by atoms with Crippen LogP contribution in [0, 0.1) is 5.92 Å². The van der Waals surface area contributed by atoms with E-state index in [-0.39, 0.29) is 0 Å². The second kappa shape index (κ2) is 3.73. The number of nitrogens with zero attached hydrogens (tertiary/aromatic N) is 2. The van der Waals surface area contributed by atoms with Gasteiger partial charge in [-0.05, 0) is 25.2 Å². The first-order valence-electron chi connectivity index (χ1n) is 4.80. The van der Waals surface area contributed by atoms with Crippen molar-refractivity contribution < 1.29 is 4.74 Å². The van der Waals surface area contributed by atoms with E-state index in [0.717, 1.165) is 24.1 Å². The van der Waals surface area contributed by atoms with Crippen LogP contribution in [0.4, 0.5) is 0 Å². The van der Waals surface area contributed by atoms with E-state index in [0.29, 0.717) is 17.1 Å². The molecule has 0 N–H and O–H groups in total. The van der Waals surface area contributed by atoms with Gasteiger partial charge in [-0.3, -0.25) is 0 Å². The molecule has 1 aromatic heterocycles. The Morgan fingerprint density at radius 1 is 1.43 bits per heavy atom. The molecule has 3 nitrogen and oxygen atoms in total. The van der Waals surface area contributed by atoms with E-state index in [1.807, 2.05) is 0 Å². The molecule has 1 unspecified atom stereocenters. The number of ether oxygens (including phenoxy) is 1. The van der Waals surface area contributed by atoms with E-state index in [1.54, 1.807) is 7.11 Å². The van der Waals surface area contributed by atoms with Gasteiger partial charge in [0.2, 0.25) is 0 Å². The van der Waals surface area contributed by atoms with Crippen molar-refractivity contribution in [2.24, 2.45) is 5.92 Å². The lowest BCUT2D eigenvalue weighted by atomic mass is 9.89. The monoisotopic (exact) mass is 212 g/mol. The van der Waals surface area contributed by atoms with Gasteiger partial charge in [0.1, 0.15) is 5.15 Å². The molecule has 0 saturated heterocycles. The summed E-state index contributed by atoms with van der Waals surface area (Å²) in [5.41, 5.74) is 2.16. The van der Waals surface area contributed by atoms with Crippen molar-refractivity contribution in [3.63, 3.8) is 0 Å². The molecule has 1 aromatic rings. The van der Waals surface area contributed by atoms with Crippen LogP contribution in [0.5, 0.6) is 6.01 Å². The van der Waals surface area contributed by atoms with E-state index in [2.05, 4.69) is 16.9 Å². The van der Waals surface area contributed by atoms with Crippen molar-refractivity contribution in [2.75, 3.05) is 7.11 Å². The number of aromatic nitrogens is 2. The first-order valence-corrected chi connectivity index (χ1v) is 5.17. The molecular weight excluding hydrogens is 200 g/mol. The van der Waals surface area contributed by atoms with Gasteiger partial charge in [0.05, 0.1) is 12.8 Å². The van der Waals surface area contributed by atoms with E-state index < -0.39 is 0 Å². The minimum atomic E-state index is 0.378. The molecule has 0 aromatic carbocycles. The van der Waals surface area contributed by atoms with Crippen molar-refractivity contribution in [3.8, 4) is 6.01 Å². The zero-order valence-electron chi connectivity index (χ0n) is 8.38. The molecule has 1 aliphatic rings. The van der Waals surface area contributed by atoms with Crippen molar-refractivity contribution in [2.45, 2.75) is 26.2 Å². The Balaban J connectivity index is 2.43. The van der Waals surface area contributed by atoms with E-state index >= 15 is 0 Å². The van der Waals surface area contributed by atoms with Gasteiger partial charge in [-0.2, -0.15) is 9.97 Å². The summed E-state index contributed by atoms with van der Waals surface area (Å²) in [5, 5.41) is 0.554. The van der Waals surface area contributed by atoms with Crippen LogP contribution in [0.2, 0.25) is 5.15 Å². The summed E-state index contributed by atoms with van der Waals surface area (Å²) in [6.45, 7) is 2.23. The molecule has 14 heavy (non-hydrogen) atoms. The van der Waals surface area contributed by atoms with Crippen molar-refractivity contribution in [3.05, 3.63) is 16.4 Å². The Morgan fingerprint density at radius 3 is 2.93 bits per heavy atom. The maximum Gasteiger partial charge on any atom is 0.317 e. The minimum absolute atomic E-state index is 0.378. The third-order valence-corrected chi connectivity index (χ3v) is 2.95. The molecular formula is C10H13ClN2O. The van der Waals surface area contributed by atoms with Crippen LogP contribution >= 0.6 is 11.6 Å². The second-order valence-corrected chi connectivity index (χ2v) is 4.13. The Bertz CT molecular complexity index is 354. The molecule has 0 amide bonds. The van der Waals surface area contributed by atoms with Crippen LogP contribution in [0.1, 0.15) is 24.6 Å². The SMILES string of the molecule is COc1nc(Cl)c2c(n1)CC(C)CC2. The summed E-state index contributed by atoms with van der Waals surface area (Å²) in [4.78, 5) is 8.39. The molecule has 1 atom stereocenters. The fourth-order valence-corrected chi connectivity index (χ4v) is 2.08. The second-order valence-electron chi connectivity index (χ2n) is 3.77. The lowest BCUT2D eigenvalue weighted by Crippen LogP contribution is -2.15. The van der Waals surface area contributed by atoms with Gasteiger partial charge in [0, 0.05) is 5.56 Å². The Hall–Kier alpha value is -0.830. The lowest BCUT2D eigenvalue weighted by molar-refractivity contribution is 0.372. The molecule has 0 radical (unpaired) electrons. The lowest BCUT2D eigenvalue weighted by Gasteiger charge is -2.20. The van der Waals surface area contributed by atoms with Crippen molar-refractivity contribution in [1.82, 2.24) is 9.97 Å². The molecule has 0 fully saturated rings. The number of hydrogen-bond acceptors (Lipinski definition) is 3. The normalized spacial score (nSPS) is 20.4. The average molecular weight is 213 g/mol. The maximum absolute atomic E-state index is 6.04. The first kappa shape index (κ1) is 9.71. The van der Waals surface area contributed by atoms with Crippen molar-refractivity contribution in [1.29, 1.82) is 0 Å². The largest absolute Gasteiger partial charge is 0.467 e. The zero-order valence-corrected chi connectivity index (χ0v) is 9.14. The first-order chi connectivity index (χ1) is 6.70. The third kappa shape index (κ3) is 1.69. The van der Waals surface area contributed by atoms with Gasteiger partial charge in [-0.1, -0.05) is 18.5 Å². The molecule has 2 rings (SSSR count). The summed E-state index contributed by atoms with van der Waals surface area (Å²) in [5.74, 6) is 0.679. The summed E-state index contributed by atoms with van der Waals surface area (Å²) in [7, 11) is 1.56. The molecule has 76 valence electrons. The van der Waals surface area contributed by atoms with Gasteiger partial charge < -0.3 is 4.74 Å². The fourth-order valence-electron chi connectivity index (χ4n) is 1.81. The third-order valence-electron chi connectivity index (χ3n) is 2.63. The Morgan fingerprint density at radius 2 is 2.21 bits per heavy atom. The van der Waals surface area contributed by atoms with Gasteiger partial charge in [-0.15, -0.1) is 0 Å². The molecule has 1 heterocycles. The summed E-state index contributed by atoms with van der Waals surface area (Å²) >= 11 is 6.04. The summed E-state index contributed by atoms with van der Waals surface area (Å²) in [6.07, 6.45) is 3.13. The number of halogens is 1. The average Bonchev–Trinajstić information content (AvgIpc) is 2.16. The van der Waals surface area contributed by atoms with Crippen molar-refractivity contribution >= 4 is 11.6 Å². The molecule has 0 saturated carbocycles. The predicted octanol–water partition coefficient (Wildman–Crippen LogP) is 2.26.